The van der Waals surface area contributed by atoms with Crippen molar-refractivity contribution in [2.45, 2.75) is 74.8 Å². The molecule has 1 aliphatic heterocycles. The molecule has 2 aromatic rings. The van der Waals surface area contributed by atoms with E-state index >= 15 is 0 Å². The number of nitriles is 1. The van der Waals surface area contributed by atoms with Crippen LogP contribution in [0.2, 0.25) is 0 Å². The fraction of sp³-hybridized carbons (Fsp3) is 0.500. The van der Waals surface area contributed by atoms with Crippen LogP contribution >= 0.6 is 0 Å². The van der Waals surface area contributed by atoms with Crippen LogP contribution in [-0.2, 0) is 10.2 Å². The highest BCUT2D eigenvalue weighted by molar-refractivity contribution is 5.72. The van der Waals surface area contributed by atoms with Crippen molar-refractivity contribution in [1.29, 1.82) is 5.26 Å². The van der Waals surface area contributed by atoms with Crippen LogP contribution < -0.4 is 5.32 Å². The Kier molecular flexibility index (Phi) is 6.13. The van der Waals surface area contributed by atoms with E-state index in [1.165, 1.54) is 48.1 Å². The average molecular weight is 428 g/mol. The molecule has 0 radical (unpaired) electrons. The van der Waals surface area contributed by atoms with Gasteiger partial charge in [0.1, 0.15) is 0 Å². The predicted octanol–water partition coefficient (Wildman–Crippen LogP) is 5.86. The van der Waals surface area contributed by atoms with E-state index in [0.717, 1.165) is 45.3 Å². The SMILES string of the molecule is N#C/C=C1\CC[C@H](NCC[C@@]2(c3ccccn3)CCOC3(CCCC3)C2)c2ccccc21. The zero-order valence-electron chi connectivity index (χ0n) is 18.9. The lowest BCUT2D eigenvalue weighted by Gasteiger charge is -2.46. The number of hydrogen-bond acceptors (Lipinski definition) is 4. The predicted molar refractivity (Wildman–Crippen MR) is 127 cm³/mol. The molecule has 4 nitrogen and oxygen atoms in total. The average Bonchev–Trinajstić information content (AvgIpc) is 3.28. The van der Waals surface area contributed by atoms with E-state index in [9.17, 15) is 0 Å². The molecule has 4 heteroatoms. The summed E-state index contributed by atoms with van der Waals surface area (Å²) >= 11 is 0. The Hall–Kier alpha value is -2.48. The molecule has 2 atom stereocenters. The number of fused-ring (bicyclic) bond motifs is 1. The fourth-order valence-electron chi connectivity index (χ4n) is 6.40. The lowest BCUT2D eigenvalue weighted by molar-refractivity contribution is -0.104. The largest absolute Gasteiger partial charge is 0.375 e. The van der Waals surface area contributed by atoms with E-state index in [1.54, 1.807) is 6.08 Å². The van der Waals surface area contributed by atoms with Crippen molar-refractivity contribution < 1.29 is 4.74 Å². The van der Waals surface area contributed by atoms with E-state index < -0.39 is 0 Å². The van der Waals surface area contributed by atoms with Gasteiger partial charge in [0.05, 0.1) is 11.7 Å². The molecule has 5 rings (SSSR count). The Bertz CT molecular complexity index is 1000. The van der Waals surface area contributed by atoms with Crippen LogP contribution in [-0.4, -0.2) is 23.7 Å². The molecule has 3 aliphatic rings. The summed E-state index contributed by atoms with van der Waals surface area (Å²) in [5.74, 6) is 0. The van der Waals surface area contributed by atoms with Crippen molar-refractivity contribution in [3.8, 4) is 6.07 Å². The van der Waals surface area contributed by atoms with Gasteiger partial charge in [-0.25, -0.2) is 0 Å². The van der Waals surface area contributed by atoms with Crippen molar-refractivity contribution in [3.63, 3.8) is 0 Å². The van der Waals surface area contributed by atoms with Crippen LogP contribution in [0.1, 0.15) is 80.7 Å². The molecule has 2 fully saturated rings. The summed E-state index contributed by atoms with van der Waals surface area (Å²) in [5, 5.41) is 13.0. The molecule has 1 saturated heterocycles. The van der Waals surface area contributed by atoms with Gasteiger partial charge in [-0.2, -0.15) is 5.26 Å². The van der Waals surface area contributed by atoms with Crippen LogP contribution in [0, 0.1) is 11.3 Å². The normalized spacial score (nSPS) is 27.8. The monoisotopic (exact) mass is 427 g/mol. The van der Waals surface area contributed by atoms with E-state index in [0.29, 0.717) is 6.04 Å². The van der Waals surface area contributed by atoms with E-state index in [4.69, 9.17) is 15.0 Å². The van der Waals surface area contributed by atoms with Gasteiger partial charge in [0, 0.05) is 36.0 Å². The van der Waals surface area contributed by atoms with Crippen molar-refractivity contribution in [3.05, 3.63) is 71.6 Å². The summed E-state index contributed by atoms with van der Waals surface area (Å²) in [6.07, 6.45) is 13.8. The third kappa shape index (κ3) is 4.12. The summed E-state index contributed by atoms with van der Waals surface area (Å²) in [5.41, 5.74) is 5.10. The first-order valence-electron chi connectivity index (χ1n) is 12.2. The molecule has 0 unspecified atom stereocenters. The minimum Gasteiger partial charge on any atom is -0.375 e. The number of aromatic nitrogens is 1. The Morgan fingerprint density at radius 3 is 2.78 bits per heavy atom. The van der Waals surface area contributed by atoms with Gasteiger partial charge in [0.25, 0.3) is 0 Å². The van der Waals surface area contributed by atoms with Crippen LogP contribution in [0.3, 0.4) is 0 Å². The Morgan fingerprint density at radius 1 is 1.12 bits per heavy atom. The zero-order valence-corrected chi connectivity index (χ0v) is 18.9. The van der Waals surface area contributed by atoms with E-state index in [2.05, 4.69) is 47.8 Å². The lowest BCUT2D eigenvalue weighted by atomic mass is 9.68. The van der Waals surface area contributed by atoms with Crippen LogP contribution in [0.15, 0.2) is 54.7 Å². The first-order valence-corrected chi connectivity index (χ1v) is 12.2. The van der Waals surface area contributed by atoms with Gasteiger partial charge in [0.2, 0.25) is 0 Å². The van der Waals surface area contributed by atoms with Crippen LogP contribution in [0.25, 0.3) is 5.57 Å². The highest BCUT2D eigenvalue weighted by Crippen LogP contribution is 2.49. The number of allylic oxidation sites excluding steroid dienone is 2. The summed E-state index contributed by atoms with van der Waals surface area (Å²) in [4.78, 5) is 4.84. The number of nitrogens with zero attached hydrogens (tertiary/aromatic N) is 2. The highest BCUT2D eigenvalue weighted by atomic mass is 16.5. The zero-order chi connectivity index (χ0) is 21.9. The maximum absolute atomic E-state index is 9.16. The standard InChI is InChI=1S/C28H33N3O/c29-17-12-22-10-11-25(24-8-2-1-7-23(22)24)30-19-15-27(26-9-3-6-18-31-26)16-20-32-28(21-27)13-4-5-14-28/h1-3,6-9,12,18,25,30H,4-5,10-11,13-16,19-21H2/b22-12+/t25-,27+/m0/s1. The van der Waals surface area contributed by atoms with Crippen LogP contribution in [0.4, 0.5) is 0 Å². The molecule has 2 aliphatic carbocycles. The number of nitrogens with one attached hydrogen (secondary N) is 1. The topological polar surface area (TPSA) is 57.9 Å². The Morgan fingerprint density at radius 2 is 1.97 bits per heavy atom. The van der Waals surface area contributed by atoms with Crippen molar-refractivity contribution in [2.24, 2.45) is 0 Å². The third-order valence-electron chi connectivity index (χ3n) is 7.99. The van der Waals surface area contributed by atoms with Gasteiger partial charge in [-0.1, -0.05) is 43.2 Å². The van der Waals surface area contributed by atoms with Gasteiger partial charge in [-0.15, -0.1) is 0 Å². The summed E-state index contributed by atoms with van der Waals surface area (Å²) in [7, 11) is 0. The fourth-order valence-corrected chi connectivity index (χ4v) is 6.40. The summed E-state index contributed by atoms with van der Waals surface area (Å²) in [6, 6.07) is 17.5. The molecule has 1 aromatic carbocycles. The van der Waals surface area contributed by atoms with E-state index in [1.807, 2.05) is 12.3 Å². The molecule has 2 heterocycles. The molecule has 1 N–H and O–H groups in total. The second-order valence-corrected chi connectivity index (χ2v) is 9.84. The van der Waals surface area contributed by atoms with Gasteiger partial charge in [-0.05, 0) is 80.3 Å². The molecule has 1 saturated carbocycles. The molecule has 0 bridgehead atoms. The molecule has 0 amide bonds. The van der Waals surface area contributed by atoms with E-state index in [-0.39, 0.29) is 11.0 Å². The Labute approximate surface area is 191 Å². The first kappa shape index (κ1) is 21.4. The maximum atomic E-state index is 9.16. The van der Waals surface area contributed by atoms with Crippen molar-refractivity contribution in [2.75, 3.05) is 13.2 Å². The minimum atomic E-state index is 0.0597. The first-order chi connectivity index (χ1) is 15.7. The summed E-state index contributed by atoms with van der Waals surface area (Å²) < 4.78 is 6.40. The number of hydrogen-bond donors (Lipinski definition) is 1. The van der Waals surface area contributed by atoms with Crippen LogP contribution in [0.5, 0.6) is 0 Å². The smallest absolute Gasteiger partial charge is 0.0915 e. The van der Waals surface area contributed by atoms with Crippen molar-refractivity contribution in [1.82, 2.24) is 10.3 Å². The minimum absolute atomic E-state index is 0.0597. The Balaban J connectivity index is 1.34. The number of ether oxygens (including phenoxy) is 1. The number of rotatable bonds is 5. The molecule has 32 heavy (non-hydrogen) atoms. The molecule has 166 valence electrons. The second-order valence-electron chi connectivity index (χ2n) is 9.84. The molecule has 1 spiro atoms. The van der Waals surface area contributed by atoms with Gasteiger partial charge >= 0.3 is 0 Å². The summed E-state index contributed by atoms with van der Waals surface area (Å²) in [6.45, 7) is 1.80. The van der Waals surface area contributed by atoms with Crippen molar-refractivity contribution >= 4 is 5.57 Å². The second kappa shape index (κ2) is 9.17. The quantitative estimate of drug-likeness (QED) is 0.607. The van der Waals surface area contributed by atoms with Gasteiger partial charge in [-0.3, -0.25) is 4.98 Å². The number of pyridine rings is 1. The lowest BCUT2D eigenvalue weighted by Crippen LogP contribution is -2.47. The maximum Gasteiger partial charge on any atom is 0.0915 e. The van der Waals surface area contributed by atoms with Gasteiger partial charge in [0.15, 0.2) is 0 Å². The number of benzene rings is 1. The van der Waals surface area contributed by atoms with Gasteiger partial charge < -0.3 is 10.1 Å². The highest BCUT2D eigenvalue weighted by Gasteiger charge is 2.48. The molecule has 1 aromatic heterocycles. The molecular weight excluding hydrogens is 394 g/mol. The third-order valence-corrected chi connectivity index (χ3v) is 7.99. The molecular formula is C28H33N3O.